The van der Waals surface area contributed by atoms with Crippen LogP contribution in [-0.2, 0) is 4.74 Å². The van der Waals surface area contributed by atoms with Gasteiger partial charge in [0.05, 0.1) is 18.1 Å². The Balaban J connectivity index is 3.24. The van der Waals surface area contributed by atoms with Crippen molar-refractivity contribution in [3.8, 4) is 0 Å². The quantitative estimate of drug-likeness (QED) is 0.531. The molecule has 8 nitrogen and oxygen atoms in total. The number of nitro benzene ring substituents is 1. The Morgan fingerprint density at radius 1 is 1.48 bits per heavy atom. The Hall–Kier alpha value is -2.19. The van der Waals surface area contributed by atoms with Crippen LogP contribution in [0.5, 0.6) is 0 Å². The molecule has 1 rings (SSSR count). The number of rotatable bonds is 8. The number of aliphatic hydroxyl groups excluding tert-OH is 1. The van der Waals surface area contributed by atoms with E-state index in [1.807, 2.05) is 0 Å². The number of nitro groups is 1. The van der Waals surface area contributed by atoms with Crippen molar-refractivity contribution in [2.75, 3.05) is 45.4 Å². The van der Waals surface area contributed by atoms with E-state index in [1.165, 1.54) is 32.4 Å². The average molecular weight is 297 g/mol. The van der Waals surface area contributed by atoms with Gasteiger partial charge in [-0.15, -0.1) is 0 Å². The van der Waals surface area contributed by atoms with Crippen LogP contribution in [0.15, 0.2) is 18.2 Å². The normalized spacial score (nSPS) is 10.2. The van der Waals surface area contributed by atoms with Gasteiger partial charge in [0.25, 0.3) is 11.6 Å². The highest BCUT2D eigenvalue weighted by molar-refractivity contribution is 5.95. The second-order valence-electron chi connectivity index (χ2n) is 4.24. The first kappa shape index (κ1) is 16.9. The first-order valence-corrected chi connectivity index (χ1v) is 6.40. The van der Waals surface area contributed by atoms with E-state index >= 15 is 0 Å². The van der Waals surface area contributed by atoms with E-state index in [0.717, 1.165) is 0 Å². The SMILES string of the molecule is CNC(=O)c1ccc([N+](=O)[O-])c(N(CCO)CCOC)c1. The fourth-order valence-corrected chi connectivity index (χ4v) is 1.89. The van der Waals surface area contributed by atoms with Gasteiger partial charge in [-0.25, -0.2) is 0 Å². The summed E-state index contributed by atoms with van der Waals surface area (Å²) in [5.41, 5.74) is 0.484. The van der Waals surface area contributed by atoms with Crippen LogP contribution in [0.25, 0.3) is 0 Å². The third-order valence-electron chi connectivity index (χ3n) is 2.94. The summed E-state index contributed by atoms with van der Waals surface area (Å²) >= 11 is 0. The minimum absolute atomic E-state index is 0.118. The minimum atomic E-state index is -0.514. The lowest BCUT2D eigenvalue weighted by Crippen LogP contribution is -2.31. The lowest BCUT2D eigenvalue weighted by molar-refractivity contribution is -0.384. The Labute approximate surface area is 122 Å². The maximum atomic E-state index is 11.7. The molecule has 0 atom stereocenters. The average Bonchev–Trinajstić information content (AvgIpc) is 2.49. The Bertz CT molecular complexity index is 507. The number of hydrogen-bond donors (Lipinski definition) is 2. The predicted octanol–water partition coefficient (Wildman–Crippen LogP) is 0.399. The van der Waals surface area contributed by atoms with Crippen LogP contribution in [0.3, 0.4) is 0 Å². The third-order valence-corrected chi connectivity index (χ3v) is 2.94. The summed E-state index contributed by atoms with van der Waals surface area (Å²) in [5, 5.41) is 22.7. The highest BCUT2D eigenvalue weighted by Crippen LogP contribution is 2.29. The van der Waals surface area contributed by atoms with Crippen LogP contribution in [0.1, 0.15) is 10.4 Å². The molecule has 0 unspecified atom stereocenters. The highest BCUT2D eigenvalue weighted by atomic mass is 16.6. The van der Waals surface area contributed by atoms with Crippen LogP contribution < -0.4 is 10.2 Å². The largest absolute Gasteiger partial charge is 0.395 e. The number of methoxy groups -OCH3 is 1. The molecule has 0 aromatic heterocycles. The molecule has 1 amide bonds. The molecule has 0 heterocycles. The van der Waals surface area contributed by atoms with Gasteiger partial charge >= 0.3 is 0 Å². The van der Waals surface area contributed by atoms with Gasteiger partial charge in [-0.05, 0) is 12.1 Å². The number of amides is 1. The number of nitrogens with one attached hydrogen (secondary N) is 1. The molecule has 0 bridgehead atoms. The molecule has 0 saturated heterocycles. The summed E-state index contributed by atoms with van der Waals surface area (Å²) in [6.45, 7) is 0.767. The fraction of sp³-hybridized carbons (Fsp3) is 0.462. The molecule has 0 aliphatic carbocycles. The van der Waals surface area contributed by atoms with Gasteiger partial charge in [0.15, 0.2) is 0 Å². The molecule has 116 valence electrons. The van der Waals surface area contributed by atoms with Gasteiger partial charge in [0, 0.05) is 38.9 Å². The molecule has 1 aromatic rings. The second-order valence-corrected chi connectivity index (χ2v) is 4.24. The monoisotopic (exact) mass is 297 g/mol. The first-order chi connectivity index (χ1) is 10.0. The lowest BCUT2D eigenvalue weighted by Gasteiger charge is -2.23. The Morgan fingerprint density at radius 2 is 2.19 bits per heavy atom. The van der Waals surface area contributed by atoms with Gasteiger partial charge in [-0.2, -0.15) is 0 Å². The van der Waals surface area contributed by atoms with Crippen molar-refractivity contribution in [3.05, 3.63) is 33.9 Å². The summed E-state index contributed by atoms with van der Waals surface area (Å²) in [6.07, 6.45) is 0. The fourth-order valence-electron chi connectivity index (χ4n) is 1.89. The van der Waals surface area contributed by atoms with Crippen LogP contribution >= 0.6 is 0 Å². The van der Waals surface area contributed by atoms with Gasteiger partial charge in [0.1, 0.15) is 5.69 Å². The first-order valence-electron chi connectivity index (χ1n) is 6.40. The lowest BCUT2D eigenvalue weighted by atomic mass is 10.1. The standard InChI is InChI=1S/C13H19N3O5/c1-14-13(18)10-3-4-11(16(19)20)12(9-10)15(5-7-17)6-8-21-2/h3-4,9,17H,5-8H2,1-2H3,(H,14,18). The molecule has 0 fully saturated rings. The maximum Gasteiger partial charge on any atom is 0.292 e. The molecule has 0 radical (unpaired) electrons. The Morgan fingerprint density at radius 3 is 2.71 bits per heavy atom. The van der Waals surface area contributed by atoms with Crippen molar-refractivity contribution in [1.29, 1.82) is 0 Å². The Kier molecular flexibility index (Phi) is 6.57. The molecule has 0 spiro atoms. The zero-order chi connectivity index (χ0) is 15.8. The number of carbonyl (C=O) groups is 1. The number of benzene rings is 1. The molecular formula is C13H19N3O5. The third kappa shape index (κ3) is 4.40. The molecule has 1 aromatic carbocycles. The second kappa shape index (κ2) is 8.18. The van der Waals surface area contributed by atoms with E-state index < -0.39 is 4.92 Å². The van der Waals surface area contributed by atoms with Crippen molar-refractivity contribution in [2.24, 2.45) is 0 Å². The minimum Gasteiger partial charge on any atom is -0.395 e. The molecule has 0 aliphatic rings. The zero-order valence-corrected chi connectivity index (χ0v) is 12.0. The van der Waals surface area contributed by atoms with E-state index in [0.29, 0.717) is 18.7 Å². The van der Waals surface area contributed by atoms with Gasteiger partial charge in [-0.1, -0.05) is 0 Å². The molecule has 21 heavy (non-hydrogen) atoms. The summed E-state index contributed by atoms with van der Waals surface area (Å²) in [5.74, 6) is -0.332. The highest BCUT2D eigenvalue weighted by Gasteiger charge is 2.21. The smallest absolute Gasteiger partial charge is 0.292 e. The number of nitrogens with zero attached hydrogens (tertiary/aromatic N) is 2. The van der Waals surface area contributed by atoms with E-state index in [2.05, 4.69) is 5.32 Å². The summed E-state index contributed by atoms with van der Waals surface area (Å²) in [4.78, 5) is 23.9. The molecule has 0 saturated carbocycles. The van der Waals surface area contributed by atoms with Crippen molar-refractivity contribution in [1.82, 2.24) is 5.32 Å². The predicted molar refractivity (Wildman–Crippen MR) is 77.7 cm³/mol. The summed E-state index contributed by atoms with van der Waals surface area (Å²) in [6, 6.07) is 4.13. The van der Waals surface area contributed by atoms with Crippen LogP contribution in [0.2, 0.25) is 0 Å². The summed E-state index contributed by atoms with van der Waals surface area (Å²) < 4.78 is 4.97. The number of hydrogen-bond acceptors (Lipinski definition) is 6. The number of carbonyl (C=O) groups excluding carboxylic acids is 1. The van der Waals surface area contributed by atoms with Crippen LogP contribution in [0, 0.1) is 10.1 Å². The summed E-state index contributed by atoms with van der Waals surface area (Å²) in [7, 11) is 3.01. The molecule has 0 aliphatic heterocycles. The topological polar surface area (TPSA) is 105 Å². The molecule has 8 heteroatoms. The van der Waals surface area contributed by atoms with Crippen molar-refractivity contribution >= 4 is 17.3 Å². The van der Waals surface area contributed by atoms with E-state index in [1.54, 1.807) is 4.90 Å². The van der Waals surface area contributed by atoms with Gasteiger partial charge in [-0.3, -0.25) is 14.9 Å². The molecule has 2 N–H and O–H groups in total. The van der Waals surface area contributed by atoms with E-state index in [-0.39, 0.29) is 30.4 Å². The van der Waals surface area contributed by atoms with Gasteiger partial charge in [0.2, 0.25) is 0 Å². The van der Waals surface area contributed by atoms with Crippen LogP contribution in [-0.4, -0.2) is 56.4 Å². The number of ether oxygens (including phenoxy) is 1. The zero-order valence-electron chi connectivity index (χ0n) is 12.0. The van der Waals surface area contributed by atoms with Crippen molar-refractivity contribution in [3.63, 3.8) is 0 Å². The van der Waals surface area contributed by atoms with Crippen molar-refractivity contribution in [2.45, 2.75) is 0 Å². The number of anilines is 1. The van der Waals surface area contributed by atoms with Crippen LogP contribution in [0.4, 0.5) is 11.4 Å². The van der Waals surface area contributed by atoms with E-state index in [4.69, 9.17) is 9.84 Å². The molecular weight excluding hydrogens is 278 g/mol. The number of aliphatic hydroxyl groups is 1. The van der Waals surface area contributed by atoms with Crippen molar-refractivity contribution < 1.29 is 19.6 Å². The van der Waals surface area contributed by atoms with E-state index in [9.17, 15) is 14.9 Å². The maximum absolute atomic E-state index is 11.7. The van der Waals surface area contributed by atoms with Gasteiger partial charge < -0.3 is 20.1 Å².